The summed E-state index contributed by atoms with van der Waals surface area (Å²) in [5.74, 6) is -0.273. The molecule has 0 saturated heterocycles. The quantitative estimate of drug-likeness (QED) is 0.448. The predicted octanol–water partition coefficient (Wildman–Crippen LogP) is 2.95. The average molecular weight is 458 g/mol. The topological polar surface area (TPSA) is 124 Å². The van der Waals surface area contributed by atoms with E-state index >= 15 is 0 Å². The fourth-order valence-electron chi connectivity index (χ4n) is 2.69. The maximum Gasteiger partial charge on any atom is 0.340 e. The minimum atomic E-state index is -3.97. The molecule has 0 radical (unpaired) electrons. The number of benzene rings is 2. The Morgan fingerprint density at radius 3 is 2.44 bits per heavy atom. The number of carbonyl (C=O) groups is 2. The third-order valence-electron chi connectivity index (χ3n) is 4.21. The summed E-state index contributed by atoms with van der Waals surface area (Å²) in [5.41, 5.74) is 0.00299. The summed E-state index contributed by atoms with van der Waals surface area (Å²) in [6, 6.07) is 15.2. The summed E-state index contributed by atoms with van der Waals surface area (Å²) in [7, 11) is -3.97. The van der Waals surface area contributed by atoms with Crippen LogP contribution in [0.3, 0.4) is 0 Å². The summed E-state index contributed by atoms with van der Waals surface area (Å²) < 4.78 is 43.3. The van der Waals surface area contributed by atoms with E-state index in [9.17, 15) is 18.0 Å². The van der Waals surface area contributed by atoms with Crippen LogP contribution in [-0.2, 0) is 26.1 Å². The Balaban J connectivity index is 1.64. The minimum Gasteiger partial charge on any atom is -0.494 e. The highest BCUT2D eigenvalue weighted by atomic mass is 32.2. The molecule has 10 heteroatoms. The van der Waals surface area contributed by atoms with Gasteiger partial charge in [-0.1, -0.05) is 12.1 Å². The van der Waals surface area contributed by atoms with Crippen molar-refractivity contribution in [2.45, 2.75) is 18.4 Å². The van der Waals surface area contributed by atoms with Crippen LogP contribution in [0.15, 0.2) is 76.2 Å². The van der Waals surface area contributed by atoms with Crippen LogP contribution in [-0.4, -0.2) is 33.5 Å². The van der Waals surface area contributed by atoms with E-state index < -0.39 is 28.5 Å². The molecule has 0 spiro atoms. The van der Waals surface area contributed by atoms with Gasteiger partial charge in [-0.3, -0.25) is 9.52 Å². The molecule has 3 aromatic rings. The zero-order chi connectivity index (χ0) is 23.0. The molecule has 0 atom stereocenters. The number of nitrogens with one attached hydrogen (secondary N) is 2. The van der Waals surface area contributed by atoms with E-state index in [-0.39, 0.29) is 22.7 Å². The smallest absolute Gasteiger partial charge is 0.340 e. The maximum atomic E-state index is 12.7. The second kappa shape index (κ2) is 10.5. The second-order valence-electron chi connectivity index (χ2n) is 6.49. The van der Waals surface area contributed by atoms with E-state index in [0.717, 1.165) is 0 Å². The molecular weight excluding hydrogens is 436 g/mol. The van der Waals surface area contributed by atoms with Crippen molar-refractivity contribution in [1.29, 1.82) is 0 Å². The van der Waals surface area contributed by atoms with Crippen molar-refractivity contribution in [1.82, 2.24) is 5.32 Å². The van der Waals surface area contributed by atoms with Crippen LogP contribution < -0.4 is 14.8 Å². The number of sulfonamides is 1. The van der Waals surface area contributed by atoms with E-state index in [1.165, 1.54) is 30.5 Å². The van der Waals surface area contributed by atoms with Gasteiger partial charge in [0.15, 0.2) is 6.61 Å². The first-order valence-corrected chi connectivity index (χ1v) is 11.2. The molecule has 32 heavy (non-hydrogen) atoms. The summed E-state index contributed by atoms with van der Waals surface area (Å²) >= 11 is 0. The van der Waals surface area contributed by atoms with Gasteiger partial charge in [-0.05, 0) is 55.5 Å². The zero-order valence-electron chi connectivity index (χ0n) is 17.2. The predicted molar refractivity (Wildman–Crippen MR) is 116 cm³/mol. The van der Waals surface area contributed by atoms with Crippen LogP contribution in [0.5, 0.6) is 5.75 Å². The molecule has 2 aromatic carbocycles. The van der Waals surface area contributed by atoms with Gasteiger partial charge in [0.05, 0.1) is 35.6 Å². The van der Waals surface area contributed by atoms with Crippen molar-refractivity contribution in [3.63, 3.8) is 0 Å². The Hall–Kier alpha value is -3.79. The monoisotopic (exact) mass is 458 g/mol. The van der Waals surface area contributed by atoms with Gasteiger partial charge in [-0.15, -0.1) is 0 Å². The Morgan fingerprint density at radius 2 is 1.75 bits per heavy atom. The molecule has 1 aromatic heterocycles. The molecule has 0 saturated carbocycles. The van der Waals surface area contributed by atoms with Crippen LogP contribution in [0, 0.1) is 0 Å². The number of carbonyl (C=O) groups excluding carboxylic acids is 2. The van der Waals surface area contributed by atoms with Gasteiger partial charge in [0.1, 0.15) is 11.5 Å². The molecule has 0 bridgehead atoms. The normalized spacial score (nSPS) is 10.9. The summed E-state index contributed by atoms with van der Waals surface area (Å²) in [4.78, 5) is 24.4. The lowest BCUT2D eigenvalue weighted by atomic mass is 10.2. The van der Waals surface area contributed by atoms with Crippen molar-refractivity contribution >= 4 is 27.6 Å². The SMILES string of the molecule is CCOc1ccc(S(=O)(=O)Nc2ccccc2C(=O)OCC(=O)NCc2ccco2)cc1. The molecule has 0 fully saturated rings. The van der Waals surface area contributed by atoms with E-state index in [1.54, 1.807) is 36.4 Å². The van der Waals surface area contributed by atoms with Crippen molar-refractivity contribution in [3.05, 3.63) is 78.3 Å². The molecule has 1 amide bonds. The number of ether oxygens (including phenoxy) is 2. The van der Waals surface area contributed by atoms with Crippen molar-refractivity contribution in [2.75, 3.05) is 17.9 Å². The number of hydrogen-bond acceptors (Lipinski definition) is 7. The highest BCUT2D eigenvalue weighted by Gasteiger charge is 2.20. The molecule has 168 valence electrons. The number of rotatable bonds is 10. The lowest BCUT2D eigenvalue weighted by molar-refractivity contribution is -0.124. The van der Waals surface area contributed by atoms with Crippen LogP contribution in [0.4, 0.5) is 5.69 Å². The van der Waals surface area contributed by atoms with Crippen LogP contribution in [0.25, 0.3) is 0 Å². The summed E-state index contributed by atoms with van der Waals surface area (Å²) in [5, 5.41) is 2.55. The third-order valence-corrected chi connectivity index (χ3v) is 5.59. The van der Waals surface area contributed by atoms with Gasteiger partial charge in [0, 0.05) is 0 Å². The van der Waals surface area contributed by atoms with Gasteiger partial charge >= 0.3 is 5.97 Å². The number of esters is 1. The van der Waals surface area contributed by atoms with Crippen molar-refractivity contribution in [2.24, 2.45) is 0 Å². The van der Waals surface area contributed by atoms with Crippen LogP contribution in [0.1, 0.15) is 23.0 Å². The van der Waals surface area contributed by atoms with E-state index in [4.69, 9.17) is 13.9 Å². The standard InChI is InChI=1S/C22H22N2O7S/c1-2-29-16-9-11-18(12-10-16)32(27,28)24-20-8-4-3-7-19(20)22(26)31-15-21(25)23-14-17-6-5-13-30-17/h3-13,24H,2,14-15H2,1H3,(H,23,25). The Labute approximate surface area is 185 Å². The van der Waals surface area contributed by atoms with Gasteiger partial charge in [-0.2, -0.15) is 0 Å². The first kappa shape index (κ1) is 22.9. The fraction of sp³-hybridized carbons (Fsp3) is 0.182. The van der Waals surface area contributed by atoms with Crippen LogP contribution in [0.2, 0.25) is 0 Å². The van der Waals surface area contributed by atoms with E-state index in [1.807, 2.05) is 6.92 Å². The minimum absolute atomic E-state index is 0.00132. The number of anilines is 1. The summed E-state index contributed by atoms with van der Waals surface area (Å²) in [6.07, 6.45) is 1.48. The largest absolute Gasteiger partial charge is 0.494 e. The molecule has 9 nitrogen and oxygen atoms in total. The van der Waals surface area contributed by atoms with Crippen molar-refractivity contribution < 1.29 is 31.9 Å². The highest BCUT2D eigenvalue weighted by Crippen LogP contribution is 2.22. The number of hydrogen-bond donors (Lipinski definition) is 2. The second-order valence-corrected chi connectivity index (χ2v) is 8.17. The zero-order valence-corrected chi connectivity index (χ0v) is 18.1. The molecule has 3 rings (SSSR count). The summed E-state index contributed by atoms with van der Waals surface area (Å²) in [6.45, 7) is 1.91. The fourth-order valence-corrected chi connectivity index (χ4v) is 3.77. The molecule has 2 N–H and O–H groups in total. The van der Waals surface area contributed by atoms with Crippen molar-refractivity contribution in [3.8, 4) is 5.75 Å². The third kappa shape index (κ3) is 6.11. The van der Waals surface area contributed by atoms with E-state index in [2.05, 4.69) is 10.0 Å². The van der Waals surface area contributed by atoms with Gasteiger partial charge in [0.2, 0.25) is 0 Å². The van der Waals surface area contributed by atoms with E-state index in [0.29, 0.717) is 18.1 Å². The molecular formula is C22H22N2O7S. The van der Waals surface area contributed by atoms with Gasteiger partial charge in [-0.25, -0.2) is 13.2 Å². The molecule has 0 unspecified atom stereocenters. The lowest BCUT2D eigenvalue weighted by Gasteiger charge is -2.13. The van der Waals surface area contributed by atoms with Gasteiger partial charge in [0.25, 0.3) is 15.9 Å². The number of furan rings is 1. The Kier molecular flexibility index (Phi) is 7.50. The molecule has 0 aliphatic heterocycles. The maximum absolute atomic E-state index is 12.7. The molecule has 0 aliphatic rings. The Bertz CT molecular complexity index is 1160. The highest BCUT2D eigenvalue weighted by molar-refractivity contribution is 7.92. The Morgan fingerprint density at radius 1 is 1.00 bits per heavy atom. The molecule has 1 heterocycles. The molecule has 0 aliphatic carbocycles. The number of amides is 1. The van der Waals surface area contributed by atoms with Gasteiger partial charge < -0.3 is 19.2 Å². The number of para-hydroxylation sites is 1. The van der Waals surface area contributed by atoms with Crippen LogP contribution >= 0.6 is 0 Å². The average Bonchev–Trinajstić information content (AvgIpc) is 3.30. The lowest BCUT2D eigenvalue weighted by Crippen LogP contribution is -2.28. The first-order chi connectivity index (χ1) is 15.4. The first-order valence-electron chi connectivity index (χ1n) is 9.70.